The average molecular weight is 565 g/mol. The number of nitrogens with two attached hydrogens (primary N) is 2. The number of carbonyl (C=O) groups is 3. The summed E-state index contributed by atoms with van der Waals surface area (Å²) in [5.41, 5.74) is 12.9. The van der Waals surface area contributed by atoms with Crippen molar-refractivity contribution >= 4 is 45.6 Å². The van der Waals surface area contributed by atoms with E-state index in [1.165, 1.54) is 0 Å². The monoisotopic (exact) mass is 564 g/mol. The number of aldehydes is 1. The van der Waals surface area contributed by atoms with Crippen LogP contribution in [-0.4, -0.2) is 60.7 Å². The number of carbonyl (C=O) groups excluding carboxylic acids is 3. The summed E-state index contributed by atoms with van der Waals surface area (Å²) in [6.45, 7) is 1.59. The van der Waals surface area contributed by atoms with Gasteiger partial charge in [-0.25, -0.2) is 0 Å². The molecule has 6 N–H and O–H groups in total. The molecule has 0 bridgehead atoms. The van der Waals surface area contributed by atoms with E-state index in [1.54, 1.807) is 4.90 Å². The third kappa shape index (κ3) is 6.75. The molecule has 4 aromatic rings. The molecule has 4 aromatic carbocycles. The summed E-state index contributed by atoms with van der Waals surface area (Å²) in [4.78, 5) is 44.8. The lowest BCUT2D eigenvalue weighted by atomic mass is 9.99. The first-order chi connectivity index (χ1) is 20.4. The summed E-state index contributed by atoms with van der Waals surface area (Å²) in [5, 5.41) is 10.5. The second kappa shape index (κ2) is 13.3. The van der Waals surface area contributed by atoms with Gasteiger partial charge in [0.25, 0.3) is 5.91 Å². The Morgan fingerprint density at radius 3 is 2.52 bits per heavy atom. The fourth-order valence-electron chi connectivity index (χ4n) is 5.58. The van der Waals surface area contributed by atoms with Gasteiger partial charge in [-0.1, -0.05) is 66.7 Å². The summed E-state index contributed by atoms with van der Waals surface area (Å²) < 4.78 is 0. The molecule has 42 heavy (non-hydrogen) atoms. The maximum Gasteiger partial charge on any atom is 0.251 e. The number of fused-ring (bicyclic) bond motifs is 2. The zero-order chi connectivity index (χ0) is 29.5. The fourth-order valence-corrected chi connectivity index (χ4v) is 5.58. The van der Waals surface area contributed by atoms with Crippen molar-refractivity contribution in [3.63, 3.8) is 0 Å². The molecule has 2 amide bonds. The second-order valence-corrected chi connectivity index (χ2v) is 10.7. The Bertz CT molecular complexity index is 1630. The Morgan fingerprint density at radius 1 is 1.00 bits per heavy atom. The van der Waals surface area contributed by atoms with Crippen molar-refractivity contribution in [2.75, 3.05) is 19.6 Å². The summed E-state index contributed by atoms with van der Waals surface area (Å²) in [6, 6.07) is 24.6. The lowest BCUT2D eigenvalue weighted by Gasteiger charge is -2.25. The SMILES string of the molecule is NC(N)=NCCC[C@@H]1NC(CNC(=O)c2ccc3ccccc3c2)CCN(Cc2ccc3ccccc3c2C=O)C1=O. The molecule has 0 aliphatic carbocycles. The molecule has 1 saturated heterocycles. The zero-order valence-corrected chi connectivity index (χ0v) is 23.5. The van der Waals surface area contributed by atoms with Gasteiger partial charge in [0.2, 0.25) is 5.91 Å². The van der Waals surface area contributed by atoms with E-state index in [0.717, 1.165) is 33.4 Å². The van der Waals surface area contributed by atoms with Crippen LogP contribution in [0, 0.1) is 0 Å². The maximum absolute atomic E-state index is 13.8. The number of amides is 2. The molecule has 1 heterocycles. The molecule has 9 heteroatoms. The second-order valence-electron chi connectivity index (χ2n) is 10.7. The van der Waals surface area contributed by atoms with Crippen LogP contribution in [0.15, 0.2) is 83.9 Å². The first-order valence-corrected chi connectivity index (χ1v) is 14.3. The van der Waals surface area contributed by atoms with Crippen LogP contribution in [0.5, 0.6) is 0 Å². The minimum Gasteiger partial charge on any atom is -0.370 e. The highest BCUT2D eigenvalue weighted by molar-refractivity contribution is 6.00. The first kappa shape index (κ1) is 28.8. The molecule has 0 aromatic heterocycles. The van der Waals surface area contributed by atoms with E-state index in [4.69, 9.17) is 11.5 Å². The van der Waals surface area contributed by atoms with E-state index in [2.05, 4.69) is 15.6 Å². The van der Waals surface area contributed by atoms with Crippen molar-refractivity contribution < 1.29 is 14.4 Å². The molecule has 0 radical (unpaired) electrons. The van der Waals surface area contributed by atoms with E-state index in [1.807, 2.05) is 78.9 Å². The number of hydrogen-bond acceptors (Lipinski definition) is 5. The van der Waals surface area contributed by atoms with Gasteiger partial charge in [0.1, 0.15) is 0 Å². The quantitative estimate of drug-likeness (QED) is 0.101. The smallest absolute Gasteiger partial charge is 0.251 e. The van der Waals surface area contributed by atoms with Crippen LogP contribution in [-0.2, 0) is 11.3 Å². The Hall–Kier alpha value is -4.76. The fraction of sp³-hybridized carbons (Fsp3) is 0.273. The molecule has 1 aliphatic rings. The van der Waals surface area contributed by atoms with E-state index in [9.17, 15) is 14.4 Å². The zero-order valence-electron chi connectivity index (χ0n) is 23.5. The van der Waals surface area contributed by atoms with E-state index in [0.29, 0.717) is 56.6 Å². The highest BCUT2D eigenvalue weighted by Crippen LogP contribution is 2.24. The Balaban J connectivity index is 1.31. The van der Waals surface area contributed by atoms with Crippen LogP contribution in [0.1, 0.15) is 45.5 Å². The molecule has 2 atom stereocenters. The molecule has 5 rings (SSSR count). The van der Waals surface area contributed by atoms with Crippen LogP contribution in [0.4, 0.5) is 0 Å². The standard InChI is InChI=1S/C33H36N6O3/c34-33(35)36-16-5-10-30-32(42)39(20-26-14-12-23-7-3-4-9-28(23)29(26)21-40)17-15-27(38-30)19-37-31(41)25-13-11-22-6-1-2-8-24(22)18-25/h1-4,6-9,11-14,18,21,27,30,38H,5,10,15-17,19-20H2,(H,37,41)(H4,34,35,36)/t27?,30-/m0/s1. The predicted octanol–water partition coefficient (Wildman–Crippen LogP) is 3.35. The van der Waals surface area contributed by atoms with Gasteiger partial charge in [-0.05, 0) is 58.5 Å². The summed E-state index contributed by atoms with van der Waals surface area (Å²) >= 11 is 0. The first-order valence-electron chi connectivity index (χ1n) is 14.3. The number of aliphatic imine (C=N–C) groups is 1. The number of nitrogens with one attached hydrogen (secondary N) is 2. The van der Waals surface area contributed by atoms with E-state index in [-0.39, 0.29) is 23.8 Å². The largest absolute Gasteiger partial charge is 0.370 e. The minimum absolute atomic E-state index is 0.0174. The molecular weight excluding hydrogens is 528 g/mol. The van der Waals surface area contributed by atoms with Crippen molar-refractivity contribution in [3.8, 4) is 0 Å². The van der Waals surface area contributed by atoms with Crippen molar-refractivity contribution in [1.29, 1.82) is 0 Å². The van der Waals surface area contributed by atoms with Crippen LogP contribution >= 0.6 is 0 Å². The summed E-state index contributed by atoms with van der Waals surface area (Å²) in [6.07, 6.45) is 2.65. The van der Waals surface area contributed by atoms with Gasteiger partial charge in [0.15, 0.2) is 12.2 Å². The van der Waals surface area contributed by atoms with Crippen LogP contribution < -0.4 is 22.1 Å². The average Bonchev–Trinajstić information content (AvgIpc) is 3.15. The third-order valence-electron chi connectivity index (χ3n) is 7.80. The maximum atomic E-state index is 13.8. The molecule has 0 spiro atoms. The van der Waals surface area contributed by atoms with Crippen LogP contribution in [0.25, 0.3) is 21.5 Å². The number of benzene rings is 4. The van der Waals surface area contributed by atoms with Crippen molar-refractivity contribution in [3.05, 3.63) is 95.6 Å². The molecular formula is C33H36N6O3. The van der Waals surface area contributed by atoms with Crippen LogP contribution in [0.2, 0.25) is 0 Å². The van der Waals surface area contributed by atoms with Gasteiger partial charge < -0.3 is 27.0 Å². The topological polar surface area (TPSA) is 143 Å². The Morgan fingerprint density at radius 2 is 1.74 bits per heavy atom. The highest BCUT2D eigenvalue weighted by Gasteiger charge is 2.31. The van der Waals surface area contributed by atoms with Gasteiger partial charge in [-0.15, -0.1) is 0 Å². The number of guanidine groups is 1. The van der Waals surface area contributed by atoms with Crippen molar-refractivity contribution in [2.24, 2.45) is 16.5 Å². The molecule has 1 fully saturated rings. The minimum atomic E-state index is -0.482. The van der Waals surface area contributed by atoms with Gasteiger partial charge in [0, 0.05) is 43.3 Å². The lowest BCUT2D eigenvalue weighted by Crippen LogP contribution is -2.48. The molecule has 216 valence electrons. The van der Waals surface area contributed by atoms with Gasteiger partial charge >= 0.3 is 0 Å². The molecule has 1 aliphatic heterocycles. The van der Waals surface area contributed by atoms with Gasteiger partial charge in [-0.2, -0.15) is 0 Å². The van der Waals surface area contributed by atoms with Crippen molar-refractivity contribution in [1.82, 2.24) is 15.5 Å². The van der Waals surface area contributed by atoms with Crippen LogP contribution in [0.3, 0.4) is 0 Å². The lowest BCUT2D eigenvalue weighted by molar-refractivity contribution is -0.133. The molecule has 1 unspecified atom stereocenters. The summed E-state index contributed by atoms with van der Waals surface area (Å²) in [7, 11) is 0. The normalized spacial score (nSPS) is 17.1. The Kier molecular flexibility index (Phi) is 9.08. The molecule has 9 nitrogen and oxygen atoms in total. The van der Waals surface area contributed by atoms with E-state index >= 15 is 0 Å². The van der Waals surface area contributed by atoms with Crippen molar-refractivity contribution in [2.45, 2.75) is 37.9 Å². The number of hydrogen-bond donors (Lipinski definition) is 4. The third-order valence-corrected chi connectivity index (χ3v) is 7.80. The number of nitrogens with zero attached hydrogens (tertiary/aromatic N) is 2. The summed E-state index contributed by atoms with van der Waals surface area (Å²) in [5.74, 6) is -0.192. The number of rotatable bonds is 10. The van der Waals surface area contributed by atoms with Gasteiger partial charge in [-0.3, -0.25) is 19.4 Å². The van der Waals surface area contributed by atoms with E-state index < -0.39 is 6.04 Å². The predicted molar refractivity (Wildman–Crippen MR) is 166 cm³/mol. The van der Waals surface area contributed by atoms with Gasteiger partial charge in [0.05, 0.1) is 6.04 Å². The molecule has 0 saturated carbocycles. The Labute approximate surface area is 245 Å². The highest BCUT2D eigenvalue weighted by atomic mass is 16.2.